The van der Waals surface area contributed by atoms with Crippen LogP contribution in [0.3, 0.4) is 0 Å². The predicted octanol–water partition coefficient (Wildman–Crippen LogP) is 0.625. The van der Waals surface area contributed by atoms with Gasteiger partial charge in [0.05, 0.1) is 26.2 Å². The number of rotatable bonds is 6. The Morgan fingerprint density at radius 2 is 1.86 bits per heavy atom. The van der Waals surface area contributed by atoms with Crippen LogP contribution in [-0.2, 0) is 19.1 Å². The number of hydrogen-bond acceptors (Lipinski definition) is 5. The number of carbonyl (C=O) groups is 1. The van der Waals surface area contributed by atoms with Crippen molar-refractivity contribution in [2.75, 3.05) is 19.8 Å². The minimum Gasteiger partial charge on any atom is -0.460 e. The van der Waals surface area contributed by atoms with Gasteiger partial charge in [0.1, 0.15) is 5.60 Å². The lowest BCUT2D eigenvalue weighted by Crippen LogP contribution is -2.24. The molecule has 0 heterocycles. The van der Waals surface area contributed by atoms with Crippen molar-refractivity contribution in [3.05, 3.63) is 0 Å². The van der Waals surface area contributed by atoms with E-state index in [1.165, 1.54) is 0 Å². The van der Waals surface area contributed by atoms with Gasteiger partial charge in [-0.1, -0.05) is 0 Å². The van der Waals surface area contributed by atoms with E-state index in [4.69, 9.17) is 15.4 Å². The van der Waals surface area contributed by atoms with Crippen LogP contribution in [0.2, 0.25) is 0 Å². The molecule has 0 bridgehead atoms. The Balaban J connectivity index is 3.36. The smallest absolute Gasteiger partial charge is 0.308 e. The Morgan fingerprint density at radius 1 is 1.21 bits per heavy atom. The molecule has 84 valence electrons. The highest BCUT2D eigenvalue weighted by Crippen LogP contribution is 2.07. The SMILES string of the molecule is CC(C)(C)OC(=O)CCOCCON. The molecule has 0 saturated heterocycles. The van der Waals surface area contributed by atoms with Gasteiger partial charge >= 0.3 is 5.97 Å². The standard InChI is InChI=1S/C9H19NO4/c1-9(2,3)14-8(11)4-5-12-6-7-13-10/h4-7,10H2,1-3H3. The van der Waals surface area contributed by atoms with Crippen LogP contribution in [-0.4, -0.2) is 31.4 Å². The van der Waals surface area contributed by atoms with Gasteiger partial charge in [0, 0.05) is 0 Å². The third-order valence-electron chi connectivity index (χ3n) is 1.22. The third kappa shape index (κ3) is 9.44. The summed E-state index contributed by atoms with van der Waals surface area (Å²) in [5.41, 5.74) is -0.433. The summed E-state index contributed by atoms with van der Waals surface area (Å²) in [5, 5.41) is 0. The summed E-state index contributed by atoms with van der Waals surface area (Å²) in [6, 6.07) is 0. The molecule has 0 rings (SSSR count). The van der Waals surface area contributed by atoms with Gasteiger partial charge in [0.15, 0.2) is 0 Å². The second-order valence-corrected chi connectivity index (χ2v) is 3.82. The van der Waals surface area contributed by atoms with Crippen LogP contribution >= 0.6 is 0 Å². The molecule has 0 aromatic carbocycles. The molecule has 0 saturated carbocycles. The maximum Gasteiger partial charge on any atom is 0.308 e. The van der Waals surface area contributed by atoms with Crippen LogP contribution in [0.5, 0.6) is 0 Å². The van der Waals surface area contributed by atoms with E-state index < -0.39 is 5.60 Å². The van der Waals surface area contributed by atoms with Crippen molar-refractivity contribution in [1.82, 2.24) is 0 Å². The predicted molar refractivity (Wildman–Crippen MR) is 51.4 cm³/mol. The first-order valence-corrected chi connectivity index (χ1v) is 4.57. The number of hydrogen-bond donors (Lipinski definition) is 1. The van der Waals surface area contributed by atoms with Crippen molar-refractivity contribution < 1.29 is 19.1 Å². The van der Waals surface area contributed by atoms with Gasteiger partial charge < -0.3 is 14.3 Å². The zero-order valence-electron chi connectivity index (χ0n) is 9.04. The number of nitrogens with two attached hydrogens (primary N) is 1. The first kappa shape index (κ1) is 13.4. The van der Waals surface area contributed by atoms with Gasteiger partial charge in [-0.25, -0.2) is 5.90 Å². The maximum atomic E-state index is 11.1. The molecule has 5 nitrogen and oxygen atoms in total. The van der Waals surface area contributed by atoms with Crippen LogP contribution in [0.15, 0.2) is 0 Å². The van der Waals surface area contributed by atoms with E-state index in [1.807, 2.05) is 20.8 Å². The fraction of sp³-hybridized carbons (Fsp3) is 0.889. The minimum atomic E-state index is -0.433. The molecule has 0 aliphatic rings. The molecule has 14 heavy (non-hydrogen) atoms. The first-order valence-electron chi connectivity index (χ1n) is 4.57. The highest BCUT2D eigenvalue weighted by molar-refractivity contribution is 5.69. The Kier molecular flexibility index (Phi) is 6.44. The van der Waals surface area contributed by atoms with Crippen molar-refractivity contribution in [2.24, 2.45) is 5.90 Å². The van der Waals surface area contributed by atoms with Gasteiger partial charge in [0.2, 0.25) is 0 Å². The number of esters is 1. The van der Waals surface area contributed by atoms with Crippen molar-refractivity contribution in [3.8, 4) is 0 Å². The summed E-state index contributed by atoms with van der Waals surface area (Å²) in [6.07, 6.45) is 0.252. The van der Waals surface area contributed by atoms with E-state index in [9.17, 15) is 4.79 Å². The normalized spacial score (nSPS) is 11.4. The van der Waals surface area contributed by atoms with Crippen molar-refractivity contribution in [1.29, 1.82) is 0 Å². The summed E-state index contributed by atoms with van der Waals surface area (Å²) in [5.74, 6) is 4.52. The third-order valence-corrected chi connectivity index (χ3v) is 1.22. The molecule has 0 amide bonds. The summed E-state index contributed by atoms with van der Waals surface area (Å²) in [4.78, 5) is 15.4. The van der Waals surface area contributed by atoms with Gasteiger partial charge in [-0.2, -0.15) is 0 Å². The second kappa shape index (κ2) is 6.75. The van der Waals surface area contributed by atoms with Crippen LogP contribution in [0.4, 0.5) is 0 Å². The molecule has 0 aromatic heterocycles. The van der Waals surface area contributed by atoms with Crippen LogP contribution in [0, 0.1) is 0 Å². The summed E-state index contributed by atoms with van der Waals surface area (Å²) in [7, 11) is 0. The molecular weight excluding hydrogens is 186 g/mol. The average Bonchev–Trinajstić information content (AvgIpc) is 2.00. The van der Waals surface area contributed by atoms with E-state index in [-0.39, 0.29) is 12.4 Å². The molecule has 2 N–H and O–H groups in total. The van der Waals surface area contributed by atoms with E-state index >= 15 is 0 Å². The highest BCUT2D eigenvalue weighted by Gasteiger charge is 2.15. The maximum absolute atomic E-state index is 11.1. The van der Waals surface area contributed by atoms with Gasteiger partial charge in [0.25, 0.3) is 0 Å². The average molecular weight is 205 g/mol. The monoisotopic (exact) mass is 205 g/mol. The molecule has 0 atom stereocenters. The van der Waals surface area contributed by atoms with Crippen LogP contribution in [0.1, 0.15) is 27.2 Å². The Hall–Kier alpha value is -0.650. The Morgan fingerprint density at radius 3 is 2.36 bits per heavy atom. The van der Waals surface area contributed by atoms with E-state index in [0.717, 1.165) is 0 Å². The van der Waals surface area contributed by atoms with Crippen molar-refractivity contribution in [2.45, 2.75) is 32.8 Å². The highest BCUT2D eigenvalue weighted by atomic mass is 16.6. The molecule has 0 radical (unpaired) electrons. The summed E-state index contributed by atoms with van der Waals surface area (Å²) < 4.78 is 10.1. The molecule has 0 aromatic rings. The van der Waals surface area contributed by atoms with Gasteiger partial charge in [-0.05, 0) is 20.8 Å². The van der Waals surface area contributed by atoms with E-state index in [1.54, 1.807) is 0 Å². The molecule has 0 unspecified atom stereocenters. The summed E-state index contributed by atoms with van der Waals surface area (Å²) in [6.45, 7) is 6.53. The molecule has 0 fully saturated rings. The Bertz CT molecular complexity index is 165. The molecule has 5 heteroatoms. The fourth-order valence-electron chi connectivity index (χ4n) is 0.757. The quantitative estimate of drug-likeness (QED) is 0.391. The van der Waals surface area contributed by atoms with Crippen LogP contribution in [0.25, 0.3) is 0 Å². The Labute approximate surface area is 84.5 Å². The van der Waals surface area contributed by atoms with Crippen molar-refractivity contribution >= 4 is 5.97 Å². The zero-order valence-corrected chi connectivity index (χ0v) is 9.04. The zero-order chi connectivity index (χ0) is 11.0. The molecular formula is C9H19NO4. The minimum absolute atomic E-state index is 0.252. The largest absolute Gasteiger partial charge is 0.460 e. The second-order valence-electron chi connectivity index (χ2n) is 3.82. The topological polar surface area (TPSA) is 70.8 Å². The van der Waals surface area contributed by atoms with Crippen LogP contribution < -0.4 is 5.90 Å². The van der Waals surface area contributed by atoms with Gasteiger partial charge in [-0.3, -0.25) is 4.79 Å². The van der Waals surface area contributed by atoms with Gasteiger partial charge in [-0.15, -0.1) is 0 Å². The van der Waals surface area contributed by atoms with E-state index in [2.05, 4.69) is 4.84 Å². The van der Waals surface area contributed by atoms with E-state index in [0.29, 0.717) is 19.8 Å². The number of carbonyl (C=O) groups excluding carboxylic acids is 1. The lowest BCUT2D eigenvalue weighted by atomic mass is 10.2. The molecule has 0 aliphatic heterocycles. The molecule has 0 spiro atoms. The lowest BCUT2D eigenvalue weighted by molar-refractivity contribution is -0.156. The fourth-order valence-corrected chi connectivity index (χ4v) is 0.757. The summed E-state index contributed by atoms with van der Waals surface area (Å²) >= 11 is 0. The van der Waals surface area contributed by atoms with Crippen molar-refractivity contribution in [3.63, 3.8) is 0 Å². The molecule has 0 aliphatic carbocycles. The lowest BCUT2D eigenvalue weighted by Gasteiger charge is -2.19. The first-order chi connectivity index (χ1) is 6.45. The number of ether oxygens (including phenoxy) is 2.